The zero-order valence-corrected chi connectivity index (χ0v) is 11.3. The fraction of sp³-hybridized carbons (Fsp3) is 0.500. The Morgan fingerprint density at radius 1 is 1.33 bits per heavy atom. The first kappa shape index (κ1) is 14.5. The number of phenols is 1. The Labute approximate surface area is 108 Å². The Hall–Kier alpha value is -1.55. The van der Waals surface area contributed by atoms with E-state index in [0.717, 1.165) is 5.56 Å². The van der Waals surface area contributed by atoms with E-state index in [9.17, 15) is 9.90 Å². The number of nitrogens with two attached hydrogens (primary N) is 1. The molecule has 0 radical (unpaired) electrons. The van der Waals surface area contributed by atoms with E-state index in [1.54, 1.807) is 36.2 Å². The highest BCUT2D eigenvalue weighted by Gasteiger charge is 2.21. The highest BCUT2D eigenvalue weighted by molar-refractivity contribution is 5.78. The lowest BCUT2D eigenvalue weighted by atomic mass is 9.93. The van der Waals surface area contributed by atoms with Crippen LogP contribution >= 0.6 is 0 Å². The molecule has 1 rings (SSSR count). The Kier molecular flexibility index (Phi) is 4.73. The molecule has 0 atom stereocenters. The lowest BCUT2D eigenvalue weighted by molar-refractivity contribution is -0.130. The molecule has 3 N–H and O–H groups in total. The van der Waals surface area contributed by atoms with Crippen molar-refractivity contribution in [2.24, 2.45) is 11.1 Å². The third-order valence-corrected chi connectivity index (χ3v) is 2.94. The maximum absolute atomic E-state index is 12.0. The number of nitrogens with zero attached hydrogens (tertiary/aromatic N) is 1. The lowest BCUT2D eigenvalue weighted by Gasteiger charge is -2.29. The molecule has 0 spiro atoms. The minimum Gasteiger partial charge on any atom is -0.508 e. The van der Waals surface area contributed by atoms with Gasteiger partial charge in [0.15, 0.2) is 0 Å². The number of hydrogen-bond donors (Lipinski definition) is 2. The summed E-state index contributed by atoms with van der Waals surface area (Å²) in [6.07, 6.45) is 0.345. The largest absolute Gasteiger partial charge is 0.508 e. The van der Waals surface area contributed by atoms with Gasteiger partial charge < -0.3 is 15.7 Å². The number of aromatic hydroxyl groups is 1. The van der Waals surface area contributed by atoms with Gasteiger partial charge in [-0.15, -0.1) is 0 Å². The van der Waals surface area contributed by atoms with Crippen molar-refractivity contribution in [3.8, 4) is 5.75 Å². The number of amides is 1. The van der Waals surface area contributed by atoms with Gasteiger partial charge in [0.2, 0.25) is 5.91 Å². The number of rotatable bonds is 5. The van der Waals surface area contributed by atoms with E-state index < -0.39 is 0 Å². The van der Waals surface area contributed by atoms with Crippen LogP contribution in [-0.4, -0.2) is 36.1 Å². The van der Waals surface area contributed by atoms with Crippen molar-refractivity contribution in [1.82, 2.24) is 4.90 Å². The van der Waals surface area contributed by atoms with Gasteiger partial charge in [-0.25, -0.2) is 0 Å². The van der Waals surface area contributed by atoms with Gasteiger partial charge in [-0.1, -0.05) is 26.0 Å². The standard InChI is InChI=1S/C14H22N2O2/c1-14(2,9-15)10-16(3)13(18)8-11-4-6-12(17)7-5-11/h4-7,17H,8-10,15H2,1-3H3. The minimum absolute atomic E-state index is 0.0576. The van der Waals surface area contributed by atoms with Crippen LogP contribution in [0.2, 0.25) is 0 Å². The first-order valence-electron chi connectivity index (χ1n) is 6.06. The quantitative estimate of drug-likeness (QED) is 0.829. The topological polar surface area (TPSA) is 66.6 Å². The number of likely N-dealkylation sites (N-methyl/N-ethyl adjacent to an activating group) is 1. The second kappa shape index (κ2) is 5.87. The molecular weight excluding hydrogens is 228 g/mol. The number of carbonyl (C=O) groups is 1. The second-order valence-electron chi connectivity index (χ2n) is 5.46. The first-order chi connectivity index (χ1) is 8.34. The molecule has 0 aromatic heterocycles. The smallest absolute Gasteiger partial charge is 0.226 e. The molecule has 0 bridgehead atoms. The van der Waals surface area contributed by atoms with E-state index in [0.29, 0.717) is 19.5 Å². The third-order valence-electron chi connectivity index (χ3n) is 2.94. The van der Waals surface area contributed by atoms with Gasteiger partial charge in [-0.3, -0.25) is 4.79 Å². The Morgan fingerprint density at radius 3 is 2.39 bits per heavy atom. The Balaban J connectivity index is 2.57. The van der Waals surface area contributed by atoms with Crippen LogP contribution in [0.3, 0.4) is 0 Å². The fourth-order valence-electron chi connectivity index (χ4n) is 1.72. The summed E-state index contributed by atoms with van der Waals surface area (Å²) in [7, 11) is 1.79. The molecule has 4 heteroatoms. The van der Waals surface area contributed by atoms with Gasteiger partial charge >= 0.3 is 0 Å². The predicted octanol–water partition coefficient (Wildman–Crippen LogP) is 1.38. The summed E-state index contributed by atoms with van der Waals surface area (Å²) in [5.74, 6) is 0.269. The van der Waals surface area contributed by atoms with Crippen molar-refractivity contribution in [2.45, 2.75) is 20.3 Å². The van der Waals surface area contributed by atoms with E-state index >= 15 is 0 Å². The molecule has 0 fully saturated rings. The maximum atomic E-state index is 12.0. The first-order valence-corrected chi connectivity index (χ1v) is 6.06. The predicted molar refractivity (Wildman–Crippen MR) is 72.3 cm³/mol. The maximum Gasteiger partial charge on any atom is 0.226 e. The number of carbonyl (C=O) groups excluding carboxylic acids is 1. The van der Waals surface area contributed by atoms with Gasteiger partial charge in [0, 0.05) is 13.6 Å². The van der Waals surface area contributed by atoms with Gasteiger partial charge in [-0.2, -0.15) is 0 Å². The van der Waals surface area contributed by atoms with Crippen LogP contribution in [0, 0.1) is 5.41 Å². The average molecular weight is 250 g/mol. The monoisotopic (exact) mass is 250 g/mol. The number of benzene rings is 1. The van der Waals surface area contributed by atoms with E-state index in [2.05, 4.69) is 0 Å². The molecule has 0 aliphatic heterocycles. The summed E-state index contributed by atoms with van der Waals surface area (Å²) in [5.41, 5.74) is 6.49. The van der Waals surface area contributed by atoms with Crippen LogP contribution in [-0.2, 0) is 11.2 Å². The molecule has 1 aromatic rings. The van der Waals surface area contributed by atoms with Crippen molar-refractivity contribution >= 4 is 5.91 Å². The molecule has 0 saturated heterocycles. The van der Waals surface area contributed by atoms with Crippen LogP contribution in [0.15, 0.2) is 24.3 Å². The van der Waals surface area contributed by atoms with Crippen molar-refractivity contribution in [1.29, 1.82) is 0 Å². The summed E-state index contributed by atoms with van der Waals surface area (Å²) in [6.45, 7) is 5.26. The van der Waals surface area contributed by atoms with Crippen LogP contribution in [0.5, 0.6) is 5.75 Å². The van der Waals surface area contributed by atoms with E-state index in [-0.39, 0.29) is 17.1 Å². The van der Waals surface area contributed by atoms with Gasteiger partial charge in [0.05, 0.1) is 6.42 Å². The van der Waals surface area contributed by atoms with Crippen molar-refractivity contribution in [2.75, 3.05) is 20.1 Å². The number of phenolic OH excluding ortho intramolecular Hbond substituents is 1. The Morgan fingerprint density at radius 2 is 1.89 bits per heavy atom. The molecule has 0 aliphatic rings. The fourth-order valence-corrected chi connectivity index (χ4v) is 1.72. The molecule has 1 aromatic carbocycles. The van der Waals surface area contributed by atoms with E-state index in [1.165, 1.54) is 0 Å². The molecule has 100 valence electrons. The van der Waals surface area contributed by atoms with Gasteiger partial charge in [0.25, 0.3) is 0 Å². The van der Waals surface area contributed by atoms with E-state index in [4.69, 9.17) is 5.73 Å². The SMILES string of the molecule is CN(CC(C)(C)CN)C(=O)Cc1ccc(O)cc1. The molecule has 1 amide bonds. The van der Waals surface area contributed by atoms with Crippen molar-refractivity contribution in [3.05, 3.63) is 29.8 Å². The molecule has 0 aliphatic carbocycles. The summed E-state index contributed by atoms with van der Waals surface area (Å²) < 4.78 is 0. The average Bonchev–Trinajstić information content (AvgIpc) is 2.31. The number of hydrogen-bond acceptors (Lipinski definition) is 3. The van der Waals surface area contributed by atoms with Crippen LogP contribution in [0.25, 0.3) is 0 Å². The minimum atomic E-state index is -0.0701. The Bertz CT molecular complexity index is 399. The normalized spacial score (nSPS) is 11.3. The molecule has 18 heavy (non-hydrogen) atoms. The molecule has 0 heterocycles. The van der Waals surface area contributed by atoms with Gasteiger partial charge in [-0.05, 0) is 29.7 Å². The zero-order valence-electron chi connectivity index (χ0n) is 11.3. The highest BCUT2D eigenvalue weighted by atomic mass is 16.3. The zero-order chi connectivity index (χ0) is 13.8. The van der Waals surface area contributed by atoms with Gasteiger partial charge in [0.1, 0.15) is 5.75 Å². The molecular formula is C14H22N2O2. The second-order valence-corrected chi connectivity index (χ2v) is 5.46. The van der Waals surface area contributed by atoms with Crippen molar-refractivity contribution in [3.63, 3.8) is 0 Å². The van der Waals surface area contributed by atoms with Crippen LogP contribution < -0.4 is 5.73 Å². The summed E-state index contributed by atoms with van der Waals surface area (Å²) in [6, 6.07) is 6.70. The van der Waals surface area contributed by atoms with E-state index in [1.807, 2.05) is 13.8 Å². The summed E-state index contributed by atoms with van der Waals surface area (Å²) in [5, 5.41) is 9.18. The summed E-state index contributed by atoms with van der Waals surface area (Å²) >= 11 is 0. The van der Waals surface area contributed by atoms with Crippen LogP contribution in [0.1, 0.15) is 19.4 Å². The summed E-state index contributed by atoms with van der Waals surface area (Å²) in [4.78, 5) is 13.7. The van der Waals surface area contributed by atoms with Crippen molar-refractivity contribution < 1.29 is 9.90 Å². The molecule has 0 saturated carbocycles. The third kappa shape index (κ3) is 4.37. The molecule has 4 nitrogen and oxygen atoms in total. The lowest BCUT2D eigenvalue weighted by Crippen LogP contribution is -2.40. The highest BCUT2D eigenvalue weighted by Crippen LogP contribution is 2.15. The molecule has 0 unspecified atom stereocenters. The van der Waals surface area contributed by atoms with Crippen LogP contribution in [0.4, 0.5) is 0 Å².